The molecule has 1 nitrogen and oxygen atoms in total. The molecule has 1 fully saturated rings. The Kier molecular flexibility index (Phi) is 2.47. The SMILES string of the molecule is CCC(=O)C1CC1c1cccc2ccccc12. The molecule has 0 spiro atoms. The van der Waals surface area contributed by atoms with Crippen LogP contribution in [0, 0.1) is 5.92 Å². The van der Waals surface area contributed by atoms with Gasteiger partial charge in [-0.2, -0.15) is 0 Å². The maximum Gasteiger partial charge on any atom is 0.136 e. The van der Waals surface area contributed by atoms with E-state index < -0.39 is 0 Å². The molecule has 2 aromatic carbocycles. The topological polar surface area (TPSA) is 17.1 Å². The zero-order valence-corrected chi connectivity index (χ0v) is 10.0. The van der Waals surface area contributed by atoms with Crippen molar-refractivity contribution in [3.8, 4) is 0 Å². The number of hydrogen-bond donors (Lipinski definition) is 0. The van der Waals surface area contributed by atoms with Crippen LogP contribution in [0.25, 0.3) is 10.8 Å². The first kappa shape index (κ1) is 10.5. The van der Waals surface area contributed by atoms with E-state index in [1.807, 2.05) is 6.92 Å². The average molecular weight is 224 g/mol. The van der Waals surface area contributed by atoms with Crippen LogP contribution in [0.5, 0.6) is 0 Å². The molecule has 0 saturated heterocycles. The Morgan fingerprint density at radius 2 is 1.94 bits per heavy atom. The van der Waals surface area contributed by atoms with Crippen molar-refractivity contribution >= 4 is 16.6 Å². The summed E-state index contributed by atoms with van der Waals surface area (Å²) in [5.41, 5.74) is 1.36. The molecule has 1 heteroatoms. The van der Waals surface area contributed by atoms with Crippen LogP contribution < -0.4 is 0 Å². The number of fused-ring (bicyclic) bond motifs is 1. The van der Waals surface area contributed by atoms with Crippen molar-refractivity contribution in [2.45, 2.75) is 25.7 Å². The predicted molar refractivity (Wildman–Crippen MR) is 70.1 cm³/mol. The molecule has 0 aliphatic heterocycles. The molecule has 0 bridgehead atoms. The summed E-state index contributed by atoms with van der Waals surface area (Å²) >= 11 is 0. The van der Waals surface area contributed by atoms with Gasteiger partial charge in [-0.25, -0.2) is 0 Å². The van der Waals surface area contributed by atoms with Crippen LogP contribution in [0.2, 0.25) is 0 Å². The van der Waals surface area contributed by atoms with E-state index in [2.05, 4.69) is 42.5 Å². The fourth-order valence-electron chi connectivity index (χ4n) is 2.73. The highest BCUT2D eigenvalue weighted by atomic mass is 16.1. The maximum atomic E-state index is 11.7. The number of benzene rings is 2. The van der Waals surface area contributed by atoms with Crippen LogP contribution >= 0.6 is 0 Å². The van der Waals surface area contributed by atoms with Crippen molar-refractivity contribution in [1.82, 2.24) is 0 Å². The van der Waals surface area contributed by atoms with E-state index >= 15 is 0 Å². The lowest BCUT2D eigenvalue weighted by molar-refractivity contribution is -0.120. The molecule has 0 amide bonds. The molecule has 0 heterocycles. The highest BCUT2D eigenvalue weighted by Gasteiger charge is 2.43. The summed E-state index contributed by atoms with van der Waals surface area (Å²) in [6, 6.07) is 14.9. The quantitative estimate of drug-likeness (QED) is 0.772. The van der Waals surface area contributed by atoms with Gasteiger partial charge in [-0.1, -0.05) is 49.4 Å². The second kappa shape index (κ2) is 3.99. The molecule has 2 unspecified atom stereocenters. The number of ketones is 1. The minimum absolute atomic E-state index is 0.283. The Morgan fingerprint density at radius 1 is 1.18 bits per heavy atom. The van der Waals surface area contributed by atoms with E-state index in [1.165, 1.54) is 16.3 Å². The lowest BCUT2D eigenvalue weighted by Crippen LogP contribution is -1.99. The summed E-state index contributed by atoms with van der Waals surface area (Å²) in [5.74, 6) is 1.17. The Morgan fingerprint density at radius 3 is 2.76 bits per heavy atom. The number of Topliss-reactive ketones (excluding diaryl/α,β-unsaturated/α-hetero) is 1. The van der Waals surface area contributed by atoms with Crippen molar-refractivity contribution in [2.75, 3.05) is 0 Å². The Labute approximate surface area is 101 Å². The first-order valence-corrected chi connectivity index (χ1v) is 6.31. The number of carbonyl (C=O) groups is 1. The number of rotatable bonds is 3. The van der Waals surface area contributed by atoms with Gasteiger partial charge in [-0.05, 0) is 28.7 Å². The molecule has 2 atom stereocenters. The molecule has 1 aliphatic carbocycles. The highest BCUT2D eigenvalue weighted by molar-refractivity contribution is 5.90. The molecule has 0 aromatic heterocycles. The molecule has 2 aromatic rings. The second-order valence-corrected chi connectivity index (χ2v) is 4.84. The molecule has 17 heavy (non-hydrogen) atoms. The van der Waals surface area contributed by atoms with Crippen molar-refractivity contribution in [3.05, 3.63) is 48.0 Å². The van der Waals surface area contributed by atoms with Gasteiger partial charge < -0.3 is 0 Å². The standard InChI is InChI=1S/C16H16O/c1-2-16(17)15-10-14(15)13-9-5-7-11-6-3-4-8-12(11)13/h3-9,14-15H,2,10H2,1H3. The van der Waals surface area contributed by atoms with E-state index in [0.717, 1.165) is 6.42 Å². The van der Waals surface area contributed by atoms with E-state index in [1.54, 1.807) is 0 Å². The molecular weight excluding hydrogens is 208 g/mol. The van der Waals surface area contributed by atoms with Crippen LogP contribution in [-0.2, 0) is 4.79 Å². The maximum absolute atomic E-state index is 11.7. The lowest BCUT2D eigenvalue weighted by atomic mass is 9.99. The summed E-state index contributed by atoms with van der Waals surface area (Å²) in [7, 11) is 0. The first-order valence-electron chi connectivity index (χ1n) is 6.31. The first-order chi connectivity index (χ1) is 8.31. The molecule has 3 rings (SSSR count). The predicted octanol–water partition coefficient (Wildman–Crippen LogP) is 3.92. The van der Waals surface area contributed by atoms with Crippen molar-refractivity contribution < 1.29 is 4.79 Å². The molecule has 0 radical (unpaired) electrons. The van der Waals surface area contributed by atoms with Crippen molar-refractivity contribution in [3.63, 3.8) is 0 Å². The molecule has 1 aliphatic rings. The lowest BCUT2D eigenvalue weighted by Gasteiger charge is -2.05. The zero-order valence-electron chi connectivity index (χ0n) is 10.0. The largest absolute Gasteiger partial charge is 0.299 e. The molecule has 1 saturated carbocycles. The minimum Gasteiger partial charge on any atom is -0.299 e. The van der Waals surface area contributed by atoms with Crippen LogP contribution in [0.3, 0.4) is 0 Å². The van der Waals surface area contributed by atoms with Crippen molar-refractivity contribution in [1.29, 1.82) is 0 Å². The third-order valence-electron chi connectivity index (χ3n) is 3.78. The van der Waals surface area contributed by atoms with Gasteiger partial charge in [0.1, 0.15) is 5.78 Å². The molecule has 0 N–H and O–H groups in total. The normalized spacial score (nSPS) is 22.6. The van der Waals surface area contributed by atoms with Gasteiger partial charge in [0.25, 0.3) is 0 Å². The fourth-order valence-corrected chi connectivity index (χ4v) is 2.73. The van der Waals surface area contributed by atoms with Crippen molar-refractivity contribution in [2.24, 2.45) is 5.92 Å². The number of carbonyl (C=O) groups excluding carboxylic acids is 1. The Bertz CT molecular complexity index is 565. The minimum atomic E-state index is 0.283. The Hall–Kier alpha value is -1.63. The summed E-state index contributed by atoms with van der Waals surface area (Å²) in [6.45, 7) is 1.96. The van der Waals surface area contributed by atoms with E-state index in [9.17, 15) is 4.79 Å². The third kappa shape index (κ3) is 1.76. The van der Waals surface area contributed by atoms with Gasteiger partial charge in [0.15, 0.2) is 0 Å². The summed E-state index contributed by atoms with van der Waals surface area (Å²) in [4.78, 5) is 11.7. The van der Waals surface area contributed by atoms with Gasteiger partial charge in [-0.15, -0.1) is 0 Å². The van der Waals surface area contributed by atoms with Crippen LogP contribution in [0.4, 0.5) is 0 Å². The van der Waals surface area contributed by atoms with Gasteiger partial charge in [0.2, 0.25) is 0 Å². The van der Waals surface area contributed by atoms with Gasteiger partial charge in [-0.3, -0.25) is 4.79 Å². The smallest absolute Gasteiger partial charge is 0.136 e. The van der Waals surface area contributed by atoms with E-state index in [-0.39, 0.29) is 5.92 Å². The van der Waals surface area contributed by atoms with E-state index in [0.29, 0.717) is 18.1 Å². The average Bonchev–Trinajstić information content (AvgIpc) is 3.17. The Balaban J connectivity index is 2.00. The summed E-state index contributed by atoms with van der Waals surface area (Å²) in [6.07, 6.45) is 1.71. The third-order valence-corrected chi connectivity index (χ3v) is 3.78. The van der Waals surface area contributed by atoms with E-state index in [4.69, 9.17) is 0 Å². The second-order valence-electron chi connectivity index (χ2n) is 4.84. The number of hydrogen-bond acceptors (Lipinski definition) is 1. The van der Waals surface area contributed by atoms with Crippen LogP contribution in [0.15, 0.2) is 42.5 Å². The van der Waals surface area contributed by atoms with Gasteiger partial charge >= 0.3 is 0 Å². The monoisotopic (exact) mass is 224 g/mol. The molecular formula is C16H16O. The molecule has 86 valence electrons. The van der Waals surface area contributed by atoms with Gasteiger partial charge in [0.05, 0.1) is 0 Å². The summed E-state index contributed by atoms with van der Waals surface area (Å²) in [5, 5.41) is 2.59. The van der Waals surface area contributed by atoms with Crippen LogP contribution in [-0.4, -0.2) is 5.78 Å². The summed E-state index contributed by atoms with van der Waals surface area (Å²) < 4.78 is 0. The van der Waals surface area contributed by atoms with Crippen LogP contribution in [0.1, 0.15) is 31.2 Å². The fraction of sp³-hybridized carbons (Fsp3) is 0.312. The highest BCUT2D eigenvalue weighted by Crippen LogP contribution is 2.50. The van der Waals surface area contributed by atoms with Gasteiger partial charge in [0, 0.05) is 12.3 Å². The zero-order chi connectivity index (χ0) is 11.8.